The van der Waals surface area contributed by atoms with Crippen molar-refractivity contribution in [2.75, 3.05) is 11.9 Å². The summed E-state index contributed by atoms with van der Waals surface area (Å²) in [6, 6.07) is 1.90. The third-order valence-corrected chi connectivity index (χ3v) is 3.94. The number of aliphatic carboxylic acids is 2. The molecule has 0 aliphatic heterocycles. The summed E-state index contributed by atoms with van der Waals surface area (Å²) in [4.78, 5) is 23.9. The molecule has 0 bridgehead atoms. The molecule has 12 heteroatoms. The third-order valence-electron chi connectivity index (χ3n) is 3.94. The maximum atomic E-state index is 10.8. The SMILES string of the molecule is Cc1cc2c(NCC3(O)CC(C(=O)O)C3)nccn2n1.O=C(O)C(F)(F)F. The molecule has 0 atom stereocenters. The number of carboxylic acids is 2. The molecule has 0 spiro atoms. The van der Waals surface area contributed by atoms with Crippen LogP contribution in [0.25, 0.3) is 5.52 Å². The van der Waals surface area contributed by atoms with E-state index >= 15 is 0 Å². The molecule has 1 fully saturated rings. The fraction of sp³-hybridized carbons (Fsp3) is 0.467. The molecule has 9 nitrogen and oxygen atoms in total. The average Bonchev–Trinajstić information content (AvgIpc) is 2.90. The standard InChI is InChI=1S/C13H16N4O3.C2HF3O2/c1-8-4-10-11(14-2-3-17(10)16-8)15-7-13(20)5-9(6-13)12(18)19;3-2(4,5)1(6)7/h2-4,9,20H,5-7H2,1H3,(H,14,15)(H,18,19);(H,6,7). The highest BCUT2D eigenvalue weighted by molar-refractivity contribution is 5.73. The molecule has 1 aliphatic carbocycles. The maximum Gasteiger partial charge on any atom is 0.490 e. The first-order valence-corrected chi connectivity index (χ1v) is 7.71. The van der Waals surface area contributed by atoms with Crippen LogP contribution in [0.1, 0.15) is 18.5 Å². The number of aliphatic hydroxyl groups is 1. The predicted molar refractivity (Wildman–Crippen MR) is 85.2 cm³/mol. The zero-order chi connectivity index (χ0) is 20.4. The Morgan fingerprint density at radius 3 is 2.48 bits per heavy atom. The number of nitrogens with one attached hydrogen (secondary N) is 1. The van der Waals surface area contributed by atoms with Crippen LogP contribution in [-0.4, -0.2) is 60.2 Å². The molecule has 2 aromatic heterocycles. The second-order valence-corrected chi connectivity index (χ2v) is 6.22. The van der Waals surface area contributed by atoms with Crippen LogP contribution in [-0.2, 0) is 9.59 Å². The maximum absolute atomic E-state index is 10.8. The molecule has 148 valence electrons. The minimum atomic E-state index is -5.08. The van der Waals surface area contributed by atoms with E-state index in [4.69, 9.17) is 15.0 Å². The molecule has 1 aliphatic rings. The number of hydrogen-bond acceptors (Lipinski definition) is 6. The highest BCUT2D eigenvalue weighted by Gasteiger charge is 2.46. The van der Waals surface area contributed by atoms with E-state index in [-0.39, 0.29) is 19.4 Å². The van der Waals surface area contributed by atoms with E-state index in [1.807, 2.05) is 13.0 Å². The second kappa shape index (κ2) is 7.39. The first-order chi connectivity index (χ1) is 12.4. The van der Waals surface area contributed by atoms with Crippen molar-refractivity contribution in [1.82, 2.24) is 14.6 Å². The van der Waals surface area contributed by atoms with E-state index in [0.717, 1.165) is 11.2 Å². The summed E-state index contributed by atoms with van der Waals surface area (Å²) in [7, 11) is 0. The molecule has 3 rings (SSSR count). The van der Waals surface area contributed by atoms with Crippen molar-refractivity contribution < 1.29 is 38.1 Å². The van der Waals surface area contributed by atoms with Crippen molar-refractivity contribution in [1.29, 1.82) is 0 Å². The van der Waals surface area contributed by atoms with Gasteiger partial charge in [-0.3, -0.25) is 4.79 Å². The quantitative estimate of drug-likeness (QED) is 0.613. The van der Waals surface area contributed by atoms with Gasteiger partial charge in [0.15, 0.2) is 5.82 Å². The van der Waals surface area contributed by atoms with E-state index in [9.17, 15) is 23.1 Å². The Morgan fingerprint density at radius 2 is 1.96 bits per heavy atom. The summed E-state index contributed by atoms with van der Waals surface area (Å²) in [5.41, 5.74) is 0.754. The predicted octanol–water partition coefficient (Wildman–Crippen LogP) is 1.31. The number of rotatable bonds is 4. The van der Waals surface area contributed by atoms with Gasteiger partial charge in [0.1, 0.15) is 5.52 Å². The van der Waals surface area contributed by atoms with Crippen molar-refractivity contribution in [3.63, 3.8) is 0 Å². The van der Waals surface area contributed by atoms with Gasteiger partial charge in [-0.2, -0.15) is 18.3 Å². The van der Waals surface area contributed by atoms with Gasteiger partial charge >= 0.3 is 18.1 Å². The van der Waals surface area contributed by atoms with Crippen molar-refractivity contribution >= 4 is 23.3 Å². The number of nitrogens with zero attached hydrogens (tertiary/aromatic N) is 3. The van der Waals surface area contributed by atoms with Gasteiger partial charge in [-0.25, -0.2) is 14.3 Å². The summed E-state index contributed by atoms with van der Waals surface area (Å²) in [6.45, 7) is 2.18. The smallest absolute Gasteiger partial charge is 0.481 e. The Morgan fingerprint density at radius 1 is 1.37 bits per heavy atom. The molecule has 0 unspecified atom stereocenters. The zero-order valence-corrected chi connectivity index (χ0v) is 14.1. The molecule has 0 radical (unpaired) electrons. The van der Waals surface area contributed by atoms with E-state index in [0.29, 0.717) is 5.82 Å². The highest BCUT2D eigenvalue weighted by atomic mass is 19.4. The third kappa shape index (κ3) is 5.06. The second-order valence-electron chi connectivity index (χ2n) is 6.22. The van der Waals surface area contributed by atoms with Crippen LogP contribution >= 0.6 is 0 Å². The number of aryl methyl sites for hydroxylation is 1. The van der Waals surface area contributed by atoms with Crippen LogP contribution < -0.4 is 5.32 Å². The monoisotopic (exact) mass is 390 g/mol. The number of fused-ring (bicyclic) bond motifs is 1. The van der Waals surface area contributed by atoms with Gasteiger partial charge in [0.2, 0.25) is 0 Å². The summed E-state index contributed by atoms with van der Waals surface area (Å²) < 4.78 is 33.5. The largest absolute Gasteiger partial charge is 0.490 e. The number of anilines is 1. The normalized spacial score (nSPS) is 21.7. The highest BCUT2D eigenvalue weighted by Crippen LogP contribution is 2.38. The lowest BCUT2D eigenvalue weighted by Gasteiger charge is -2.41. The van der Waals surface area contributed by atoms with Gasteiger partial charge < -0.3 is 20.6 Å². The van der Waals surface area contributed by atoms with Crippen molar-refractivity contribution in [2.45, 2.75) is 31.5 Å². The molecule has 0 saturated heterocycles. The number of hydrogen-bond donors (Lipinski definition) is 4. The lowest BCUT2D eigenvalue weighted by atomic mass is 9.71. The Labute approximate surface area is 150 Å². The summed E-state index contributed by atoms with van der Waals surface area (Å²) in [5, 5.41) is 33.5. The van der Waals surface area contributed by atoms with E-state index in [1.54, 1.807) is 16.9 Å². The molecule has 2 heterocycles. The zero-order valence-electron chi connectivity index (χ0n) is 14.1. The van der Waals surface area contributed by atoms with Crippen molar-refractivity contribution in [3.8, 4) is 0 Å². The van der Waals surface area contributed by atoms with Gasteiger partial charge in [-0.05, 0) is 25.8 Å². The molecular weight excluding hydrogens is 373 g/mol. The van der Waals surface area contributed by atoms with E-state index in [1.165, 1.54) is 0 Å². The molecule has 0 aromatic carbocycles. The van der Waals surface area contributed by atoms with Crippen molar-refractivity contribution in [2.24, 2.45) is 5.92 Å². The van der Waals surface area contributed by atoms with E-state index < -0.39 is 29.6 Å². The van der Waals surface area contributed by atoms with Crippen LogP contribution in [0.4, 0.5) is 19.0 Å². The minimum absolute atomic E-state index is 0.275. The Hall–Kier alpha value is -2.89. The van der Waals surface area contributed by atoms with Gasteiger partial charge in [0, 0.05) is 18.9 Å². The van der Waals surface area contributed by atoms with Gasteiger partial charge in [-0.1, -0.05) is 0 Å². The topological polar surface area (TPSA) is 137 Å². The number of carboxylic acid groups (broad SMARTS) is 2. The molecular formula is C15H17F3N4O5. The van der Waals surface area contributed by atoms with Crippen LogP contribution in [0.2, 0.25) is 0 Å². The van der Waals surface area contributed by atoms with Crippen LogP contribution in [0.5, 0.6) is 0 Å². The van der Waals surface area contributed by atoms with Crippen LogP contribution in [0, 0.1) is 12.8 Å². The summed E-state index contributed by atoms with van der Waals surface area (Å²) in [6.07, 6.45) is -1.15. The van der Waals surface area contributed by atoms with Crippen LogP contribution in [0.15, 0.2) is 18.5 Å². The summed E-state index contributed by atoms with van der Waals surface area (Å²) >= 11 is 0. The van der Waals surface area contributed by atoms with Gasteiger partial charge in [-0.15, -0.1) is 0 Å². The lowest BCUT2D eigenvalue weighted by Crippen LogP contribution is -2.51. The molecule has 0 amide bonds. The fourth-order valence-corrected chi connectivity index (χ4v) is 2.61. The fourth-order valence-electron chi connectivity index (χ4n) is 2.61. The molecule has 2 aromatic rings. The number of halogens is 3. The molecule has 27 heavy (non-hydrogen) atoms. The summed E-state index contributed by atoms with van der Waals surface area (Å²) in [5.74, 6) is -3.41. The van der Waals surface area contributed by atoms with Crippen LogP contribution in [0.3, 0.4) is 0 Å². The Balaban J connectivity index is 0.000000321. The number of alkyl halides is 3. The molecule has 1 saturated carbocycles. The van der Waals surface area contributed by atoms with Gasteiger partial charge in [0.05, 0.1) is 17.2 Å². The first-order valence-electron chi connectivity index (χ1n) is 7.71. The number of carbonyl (C=O) groups is 2. The average molecular weight is 390 g/mol. The first kappa shape index (κ1) is 20.4. The lowest BCUT2D eigenvalue weighted by molar-refractivity contribution is -0.192. The Kier molecular flexibility index (Phi) is 5.59. The Bertz CT molecular complexity index is 846. The van der Waals surface area contributed by atoms with E-state index in [2.05, 4.69) is 15.4 Å². The van der Waals surface area contributed by atoms with Gasteiger partial charge in [0.25, 0.3) is 0 Å². The minimum Gasteiger partial charge on any atom is -0.481 e. The van der Waals surface area contributed by atoms with Crippen molar-refractivity contribution in [3.05, 3.63) is 24.2 Å². The number of aromatic nitrogens is 3. The molecule has 4 N–H and O–H groups in total.